The normalized spacial score (nSPS) is 15.1. The summed E-state index contributed by atoms with van der Waals surface area (Å²) in [5.41, 5.74) is 2.67. The number of nitrogens with zero attached hydrogens (tertiary/aromatic N) is 2. The number of hydrogen-bond acceptors (Lipinski definition) is 2. The van der Waals surface area contributed by atoms with E-state index in [4.69, 9.17) is 4.99 Å². The van der Waals surface area contributed by atoms with Crippen LogP contribution in [0.25, 0.3) is 0 Å². The van der Waals surface area contributed by atoms with Crippen molar-refractivity contribution in [2.24, 2.45) is 4.99 Å². The van der Waals surface area contributed by atoms with Crippen LogP contribution in [-0.4, -0.2) is 30.6 Å². The number of aliphatic imine (C=N–C) groups is 1. The van der Waals surface area contributed by atoms with Crippen molar-refractivity contribution in [2.75, 3.05) is 19.6 Å². The predicted octanol–water partition coefficient (Wildman–Crippen LogP) is 4.29. The molecule has 6 heteroatoms. The van der Waals surface area contributed by atoms with Crippen LogP contribution in [-0.2, 0) is 11.8 Å². The summed E-state index contributed by atoms with van der Waals surface area (Å²) in [6.07, 6.45) is 5.13. The molecule has 1 aromatic carbocycles. The van der Waals surface area contributed by atoms with Gasteiger partial charge in [-0.1, -0.05) is 40.2 Å². The van der Waals surface area contributed by atoms with Gasteiger partial charge in [-0.2, -0.15) is 0 Å². The minimum absolute atomic E-state index is 0. The number of guanidine groups is 1. The number of aromatic nitrogens is 1. The van der Waals surface area contributed by atoms with Crippen LogP contribution in [0, 0.1) is 0 Å². The van der Waals surface area contributed by atoms with E-state index in [1.165, 1.54) is 22.9 Å². The Balaban J connectivity index is 0.00000243. The first-order valence-electron chi connectivity index (χ1n) is 8.91. The molecule has 140 valence electrons. The quantitative estimate of drug-likeness (QED) is 0.320. The van der Waals surface area contributed by atoms with Crippen LogP contribution >= 0.6 is 39.9 Å². The van der Waals surface area contributed by atoms with Gasteiger partial charge in [0.05, 0.1) is 6.54 Å². The SMILES string of the molecule is CCNC(=NCC1(c2ccccc2Br)CC1)NCCc1ccccn1.I. The highest BCUT2D eigenvalue weighted by Crippen LogP contribution is 2.50. The van der Waals surface area contributed by atoms with Crippen molar-refractivity contribution < 1.29 is 0 Å². The highest BCUT2D eigenvalue weighted by atomic mass is 127. The fourth-order valence-corrected chi connectivity index (χ4v) is 3.69. The van der Waals surface area contributed by atoms with Gasteiger partial charge in [0.2, 0.25) is 0 Å². The fraction of sp³-hybridized carbons (Fsp3) is 0.400. The number of nitrogens with one attached hydrogen (secondary N) is 2. The van der Waals surface area contributed by atoms with Crippen LogP contribution in [0.15, 0.2) is 58.1 Å². The topological polar surface area (TPSA) is 49.3 Å². The van der Waals surface area contributed by atoms with Gasteiger partial charge >= 0.3 is 0 Å². The predicted molar refractivity (Wildman–Crippen MR) is 122 cm³/mol. The van der Waals surface area contributed by atoms with Crippen molar-refractivity contribution >= 4 is 45.9 Å². The zero-order chi connectivity index (χ0) is 17.5. The maximum atomic E-state index is 4.85. The number of hydrogen-bond donors (Lipinski definition) is 2. The van der Waals surface area contributed by atoms with Crippen LogP contribution < -0.4 is 10.6 Å². The molecule has 1 heterocycles. The molecular formula is C20H26BrIN4. The molecule has 0 saturated heterocycles. The minimum Gasteiger partial charge on any atom is -0.357 e. The Kier molecular flexibility index (Phi) is 8.34. The molecule has 26 heavy (non-hydrogen) atoms. The third kappa shape index (κ3) is 5.67. The van der Waals surface area contributed by atoms with Crippen molar-refractivity contribution in [1.82, 2.24) is 15.6 Å². The number of pyridine rings is 1. The van der Waals surface area contributed by atoms with Crippen LogP contribution in [0.3, 0.4) is 0 Å². The average Bonchev–Trinajstić information content (AvgIpc) is 3.42. The Morgan fingerprint density at radius 3 is 2.58 bits per heavy atom. The Hall–Kier alpha value is -1.15. The molecule has 2 aromatic rings. The summed E-state index contributed by atoms with van der Waals surface area (Å²) in [7, 11) is 0. The van der Waals surface area contributed by atoms with E-state index >= 15 is 0 Å². The number of benzene rings is 1. The van der Waals surface area contributed by atoms with E-state index < -0.39 is 0 Å². The highest BCUT2D eigenvalue weighted by molar-refractivity contribution is 14.0. The summed E-state index contributed by atoms with van der Waals surface area (Å²) in [5, 5.41) is 6.76. The van der Waals surface area contributed by atoms with Gasteiger partial charge in [-0.15, -0.1) is 24.0 Å². The van der Waals surface area contributed by atoms with Crippen LogP contribution in [0.2, 0.25) is 0 Å². The lowest BCUT2D eigenvalue weighted by Crippen LogP contribution is -2.39. The second-order valence-corrected chi connectivity index (χ2v) is 7.31. The zero-order valence-corrected chi connectivity index (χ0v) is 19.0. The monoisotopic (exact) mass is 528 g/mol. The molecule has 2 N–H and O–H groups in total. The lowest BCUT2D eigenvalue weighted by molar-refractivity contribution is 0.688. The Morgan fingerprint density at radius 2 is 1.92 bits per heavy atom. The number of halogens is 2. The molecule has 3 rings (SSSR count). The van der Waals surface area contributed by atoms with E-state index in [1.54, 1.807) is 0 Å². The summed E-state index contributed by atoms with van der Waals surface area (Å²) in [4.78, 5) is 9.21. The van der Waals surface area contributed by atoms with E-state index in [9.17, 15) is 0 Å². The molecule has 0 radical (unpaired) electrons. The standard InChI is InChI=1S/C20H25BrN4.HI/c1-2-22-19(24-14-10-16-7-5-6-13-23-16)25-15-20(11-12-20)17-8-3-4-9-18(17)21;/h3-9,13H,2,10-12,14-15H2,1H3,(H2,22,24,25);1H. The van der Waals surface area contributed by atoms with Crippen molar-refractivity contribution in [3.8, 4) is 0 Å². The van der Waals surface area contributed by atoms with E-state index in [2.05, 4.69) is 68.8 Å². The lowest BCUT2D eigenvalue weighted by Gasteiger charge is -2.17. The van der Waals surface area contributed by atoms with Crippen LogP contribution in [0.1, 0.15) is 31.0 Å². The van der Waals surface area contributed by atoms with Crippen LogP contribution in [0.4, 0.5) is 0 Å². The zero-order valence-electron chi connectivity index (χ0n) is 15.0. The second kappa shape index (κ2) is 10.3. The molecule has 0 unspecified atom stereocenters. The fourth-order valence-electron chi connectivity index (χ4n) is 2.98. The molecule has 0 amide bonds. The molecule has 1 fully saturated rings. The molecule has 1 aromatic heterocycles. The first kappa shape index (κ1) is 21.2. The molecule has 1 aliphatic carbocycles. The first-order chi connectivity index (χ1) is 12.2. The van der Waals surface area contributed by atoms with Gasteiger partial charge < -0.3 is 10.6 Å². The van der Waals surface area contributed by atoms with Crippen molar-refractivity contribution in [3.05, 3.63) is 64.4 Å². The molecule has 4 nitrogen and oxygen atoms in total. The van der Waals surface area contributed by atoms with Gasteiger partial charge in [-0.25, -0.2) is 0 Å². The van der Waals surface area contributed by atoms with Crippen molar-refractivity contribution in [3.63, 3.8) is 0 Å². The Labute approximate surface area is 181 Å². The van der Waals surface area contributed by atoms with E-state index in [1.807, 2.05) is 18.3 Å². The molecule has 0 bridgehead atoms. The molecule has 1 aliphatic rings. The first-order valence-corrected chi connectivity index (χ1v) is 9.70. The maximum absolute atomic E-state index is 4.85. The molecular weight excluding hydrogens is 503 g/mol. The number of rotatable bonds is 7. The summed E-state index contributed by atoms with van der Waals surface area (Å²) in [5.74, 6) is 0.886. The highest BCUT2D eigenvalue weighted by Gasteiger charge is 2.45. The van der Waals surface area contributed by atoms with Gasteiger partial charge in [0, 0.05) is 41.3 Å². The van der Waals surface area contributed by atoms with Gasteiger partial charge in [-0.05, 0) is 43.5 Å². The van der Waals surface area contributed by atoms with E-state index in [0.29, 0.717) is 0 Å². The summed E-state index contributed by atoms with van der Waals surface area (Å²) >= 11 is 3.69. The lowest BCUT2D eigenvalue weighted by atomic mass is 9.96. The van der Waals surface area contributed by atoms with E-state index in [0.717, 1.165) is 37.7 Å². The third-order valence-corrected chi connectivity index (χ3v) is 5.27. The van der Waals surface area contributed by atoms with Gasteiger partial charge in [0.1, 0.15) is 0 Å². The molecule has 0 spiro atoms. The summed E-state index contributed by atoms with van der Waals surface area (Å²) in [6, 6.07) is 14.5. The summed E-state index contributed by atoms with van der Waals surface area (Å²) < 4.78 is 1.19. The average molecular weight is 529 g/mol. The van der Waals surface area contributed by atoms with Crippen LogP contribution in [0.5, 0.6) is 0 Å². The summed E-state index contributed by atoms with van der Waals surface area (Å²) in [6.45, 7) is 4.59. The van der Waals surface area contributed by atoms with Crippen molar-refractivity contribution in [2.45, 2.75) is 31.6 Å². The van der Waals surface area contributed by atoms with Gasteiger partial charge in [-0.3, -0.25) is 9.98 Å². The smallest absolute Gasteiger partial charge is 0.191 e. The van der Waals surface area contributed by atoms with Gasteiger partial charge in [0.25, 0.3) is 0 Å². The van der Waals surface area contributed by atoms with Crippen molar-refractivity contribution in [1.29, 1.82) is 0 Å². The third-order valence-electron chi connectivity index (χ3n) is 4.58. The molecule has 0 aliphatic heterocycles. The molecule has 0 atom stereocenters. The van der Waals surface area contributed by atoms with E-state index in [-0.39, 0.29) is 29.4 Å². The second-order valence-electron chi connectivity index (χ2n) is 6.45. The maximum Gasteiger partial charge on any atom is 0.191 e. The van der Waals surface area contributed by atoms with Gasteiger partial charge in [0.15, 0.2) is 5.96 Å². The minimum atomic E-state index is 0. The largest absolute Gasteiger partial charge is 0.357 e. The Morgan fingerprint density at radius 1 is 1.15 bits per heavy atom. The Bertz CT molecular complexity index is 717. The molecule has 1 saturated carbocycles.